The second-order valence-electron chi connectivity index (χ2n) is 10.4. The van der Waals surface area contributed by atoms with E-state index < -0.39 is 17.8 Å². The lowest BCUT2D eigenvalue weighted by atomic mass is 9.49. The average Bonchev–Trinajstić information content (AvgIpc) is 2.65. The van der Waals surface area contributed by atoms with Gasteiger partial charge in [-0.2, -0.15) is 0 Å². The maximum Gasteiger partial charge on any atom is 0.307 e. The van der Waals surface area contributed by atoms with Crippen molar-refractivity contribution < 1.29 is 14.7 Å². The Labute approximate surface area is 174 Å². The van der Waals surface area contributed by atoms with Crippen LogP contribution in [-0.4, -0.2) is 23.5 Å². The molecule has 1 aromatic carbocycles. The topological polar surface area (TPSA) is 66.4 Å². The quantitative estimate of drug-likeness (QED) is 0.674. The monoisotopic (exact) mass is 397 g/mol. The Kier molecular flexibility index (Phi) is 5.72. The smallest absolute Gasteiger partial charge is 0.307 e. The van der Waals surface area contributed by atoms with E-state index in [4.69, 9.17) is 0 Å². The van der Waals surface area contributed by atoms with Crippen LogP contribution in [0.1, 0.15) is 63.0 Å². The van der Waals surface area contributed by atoms with E-state index in [9.17, 15) is 14.7 Å². The Morgan fingerprint density at radius 3 is 2.14 bits per heavy atom. The fraction of sp³-hybridized carbons (Fsp3) is 0.680. The lowest BCUT2D eigenvalue weighted by Crippen LogP contribution is -2.47. The number of carboxylic acid groups (broad SMARTS) is 1. The van der Waals surface area contributed by atoms with E-state index >= 15 is 0 Å². The molecule has 2 N–H and O–H groups in total. The van der Waals surface area contributed by atoms with Gasteiger partial charge in [0.15, 0.2) is 0 Å². The molecule has 0 radical (unpaired) electrons. The fourth-order valence-corrected chi connectivity index (χ4v) is 6.82. The van der Waals surface area contributed by atoms with Crippen molar-refractivity contribution in [3.05, 3.63) is 35.4 Å². The highest BCUT2D eigenvalue weighted by Gasteiger charge is 2.50. The molecule has 4 bridgehead atoms. The molecule has 0 aromatic heterocycles. The Balaban J connectivity index is 1.36. The average molecular weight is 398 g/mol. The molecule has 0 aliphatic heterocycles. The molecule has 4 heteroatoms. The first-order chi connectivity index (χ1) is 13.8. The van der Waals surface area contributed by atoms with Crippen molar-refractivity contribution >= 4 is 11.9 Å². The van der Waals surface area contributed by atoms with E-state index in [0.29, 0.717) is 18.4 Å². The first-order valence-corrected chi connectivity index (χ1v) is 11.4. The van der Waals surface area contributed by atoms with Crippen LogP contribution in [0.15, 0.2) is 24.3 Å². The molecule has 4 aliphatic rings. The van der Waals surface area contributed by atoms with E-state index in [1.807, 2.05) is 31.2 Å². The van der Waals surface area contributed by atoms with Gasteiger partial charge in [-0.3, -0.25) is 9.59 Å². The lowest BCUT2D eigenvalue weighted by molar-refractivity contribution is -0.146. The predicted octanol–water partition coefficient (Wildman–Crippen LogP) is 4.60. The van der Waals surface area contributed by atoms with Crippen LogP contribution in [0.4, 0.5) is 0 Å². The molecule has 4 fully saturated rings. The normalized spacial score (nSPS) is 32.0. The largest absolute Gasteiger partial charge is 0.481 e. The Bertz CT molecular complexity index is 719. The van der Waals surface area contributed by atoms with Gasteiger partial charge < -0.3 is 10.4 Å². The molecular weight excluding hydrogens is 362 g/mol. The van der Waals surface area contributed by atoms with Crippen LogP contribution >= 0.6 is 0 Å². The molecule has 4 nitrogen and oxygen atoms in total. The fourth-order valence-electron chi connectivity index (χ4n) is 6.82. The van der Waals surface area contributed by atoms with Gasteiger partial charge in [-0.15, -0.1) is 0 Å². The third kappa shape index (κ3) is 4.51. The summed E-state index contributed by atoms with van der Waals surface area (Å²) in [6, 6.07) is 8.03. The molecule has 2 atom stereocenters. The van der Waals surface area contributed by atoms with E-state index in [-0.39, 0.29) is 5.91 Å². The zero-order valence-electron chi connectivity index (χ0n) is 17.8. The molecule has 4 aliphatic carbocycles. The summed E-state index contributed by atoms with van der Waals surface area (Å²) < 4.78 is 0. The van der Waals surface area contributed by atoms with Gasteiger partial charge in [0.2, 0.25) is 5.91 Å². The van der Waals surface area contributed by atoms with E-state index in [1.54, 1.807) is 6.92 Å². The summed E-state index contributed by atoms with van der Waals surface area (Å²) in [7, 11) is 0. The van der Waals surface area contributed by atoms with Gasteiger partial charge in [0.05, 0.1) is 11.8 Å². The van der Waals surface area contributed by atoms with Crippen LogP contribution in [0.25, 0.3) is 0 Å². The molecule has 2 unspecified atom stereocenters. The molecule has 1 amide bonds. The van der Waals surface area contributed by atoms with E-state index in [1.165, 1.54) is 38.5 Å². The Hall–Kier alpha value is -1.84. The molecule has 5 rings (SSSR count). The van der Waals surface area contributed by atoms with Gasteiger partial charge in [-0.25, -0.2) is 0 Å². The minimum Gasteiger partial charge on any atom is -0.481 e. The molecule has 0 saturated heterocycles. The van der Waals surface area contributed by atoms with Crippen molar-refractivity contribution in [2.45, 2.75) is 65.2 Å². The van der Waals surface area contributed by atoms with Gasteiger partial charge in [0.1, 0.15) is 0 Å². The number of nitrogens with one attached hydrogen (secondary N) is 1. The molecule has 158 valence electrons. The SMILES string of the molecule is Cc1ccc(CC(C(=O)NCCC23CC4CC(CC(C4)C2)C3)C(C)C(=O)O)cc1. The van der Waals surface area contributed by atoms with E-state index in [0.717, 1.165) is 35.3 Å². The zero-order valence-corrected chi connectivity index (χ0v) is 17.8. The van der Waals surface area contributed by atoms with E-state index in [2.05, 4.69) is 5.32 Å². The van der Waals surface area contributed by atoms with Crippen LogP contribution in [0, 0.1) is 41.9 Å². The van der Waals surface area contributed by atoms with Gasteiger partial charge in [-0.05, 0) is 87.0 Å². The molecule has 1 aromatic rings. The lowest BCUT2D eigenvalue weighted by Gasteiger charge is -2.57. The summed E-state index contributed by atoms with van der Waals surface area (Å²) in [5.74, 6) is 0.501. The summed E-state index contributed by atoms with van der Waals surface area (Å²) >= 11 is 0. The van der Waals surface area contributed by atoms with Crippen molar-refractivity contribution in [1.82, 2.24) is 5.32 Å². The number of hydrogen-bond acceptors (Lipinski definition) is 2. The maximum atomic E-state index is 13.0. The summed E-state index contributed by atoms with van der Waals surface area (Å²) in [6.45, 7) is 4.36. The highest BCUT2D eigenvalue weighted by atomic mass is 16.4. The van der Waals surface area contributed by atoms with Crippen LogP contribution in [0.5, 0.6) is 0 Å². The summed E-state index contributed by atoms with van der Waals surface area (Å²) in [5.41, 5.74) is 2.62. The standard InChI is InChI=1S/C25H35NO3/c1-16-3-5-18(6-4-16)12-22(17(2)24(28)29)23(27)26-8-7-25-13-19-9-20(14-25)11-21(10-19)15-25/h3-6,17,19-22H,7-15H2,1-2H3,(H,26,27)(H,28,29). The highest BCUT2D eigenvalue weighted by molar-refractivity contribution is 5.84. The number of benzene rings is 1. The van der Waals surface area contributed by atoms with Crippen LogP contribution in [0.2, 0.25) is 0 Å². The molecule has 0 heterocycles. The van der Waals surface area contributed by atoms with Crippen molar-refractivity contribution in [2.75, 3.05) is 6.54 Å². The Morgan fingerprint density at radius 1 is 1.07 bits per heavy atom. The molecule has 29 heavy (non-hydrogen) atoms. The van der Waals surface area contributed by atoms with Gasteiger partial charge in [0.25, 0.3) is 0 Å². The summed E-state index contributed by atoms with van der Waals surface area (Å²) in [6.07, 6.45) is 9.84. The second kappa shape index (κ2) is 8.12. The summed E-state index contributed by atoms with van der Waals surface area (Å²) in [4.78, 5) is 24.6. The number of carbonyl (C=O) groups is 2. The number of amides is 1. The number of aliphatic carboxylic acids is 1. The minimum atomic E-state index is -0.904. The molecule has 0 spiro atoms. The van der Waals surface area contributed by atoms with Crippen LogP contribution < -0.4 is 5.32 Å². The van der Waals surface area contributed by atoms with Gasteiger partial charge in [0, 0.05) is 6.54 Å². The number of carbonyl (C=O) groups excluding carboxylic acids is 1. The van der Waals surface area contributed by atoms with Gasteiger partial charge >= 0.3 is 5.97 Å². The summed E-state index contributed by atoms with van der Waals surface area (Å²) in [5, 5.41) is 12.6. The number of hydrogen-bond donors (Lipinski definition) is 2. The molecular formula is C25H35NO3. The van der Waals surface area contributed by atoms with Crippen molar-refractivity contribution in [1.29, 1.82) is 0 Å². The number of carboxylic acids is 1. The highest BCUT2D eigenvalue weighted by Crippen LogP contribution is 2.61. The van der Waals surface area contributed by atoms with Gasteiger partial charge in [-0.1, -0.05) is 36.8 Å². The van der Waals surface area contributed by atoms with Crippen molar-refractivity contribution in [2.24, 2.45) is 35.0 Å². The maximum absolute atomic E-state index is 13.0. The van der Waals surface area contributed by atoms with Crippen LogP contribution in [0.3, 0.4) is 0 Å². The predicted molar refractivity (Wildman–Crippen MR) is 113 cm³/mol. The van der Waals surface area contributed by atoms with Crippen LogP contribution in [-0.2, 0) is 16.0 Å². The minimum absolute atomic E-state index is 0.106. The Morgan fingerprint density at radius 2 is 1.62 bits per heavy atom. The third-order valence-corrected chi connectivity index (χ3v) is 8.03. The third-order valence-electron chi connectivity index (χ3n) is 8.03. The second-order valence-corrected chi connectivity index (χ2v) is 10.4. The van der Waals surface area contributed by atoms with Crippen molar-refractivity contribution in [3.8, 4) is 0 Å². The van der Waals surface area contributed by atoms with Crippen molar-refractivity contribution in [3.63, 3.8) is 0 Å². The zero-order chi connectivity index (χ0) is 20.6. The first kappa shape index (κ1) is 20.4. The first-order valence-electron chi connectivity index (χ1n) is 11.4. The number of aryl methyl sites for hydroxylation is 1. The number of rotatable bonds is 8. The molecule has 4 saturated carbocycles.